The Morgan fingerprint density at radius 1 is 1.09 bits per heavy atom. The van der Waals surface area contributed by atoms with E-state index in [1.807, 2.05) is 12.1 Å². The molecule has 3 N–H and O–H groups in total. The SMILES string of the molecule is O=P(O)(O)O.[Fe].c1cc[n-]c1. The number of phosphoric acid groups is 1. The second kappa shape index (κ2) is 6.61. The number of nitrogens with zero attached hydrogens (tertiary/aromatic N) is 1. The third-order valence-corrected chi connectivity index (χ3v) is 0.455. The smallest absolute Gasteiger partial charge is 0.466 e. The number of aromatic nitrogens is 1. The van der Waals surface area contributed by atoms with E-state index >= 15 is 0 Å². The van der Waals surface area contributed by atoms with Gasteiger partial charge in [0.1, 0.15) is 0 Å². The first-order valence-corrected chi connectivity index (χ1v) is 3.86. The van der Waals surface area contributed by atoms with Crippen LogP contribution in [0.3, 0.4) is 0 Å². The molecule has 1 aromatic heterocycles. The molecule has 1 heterocycles. The average Bonchev–Trinajstić information content (AvgIpc) is 2.07. The van der Waals surface area contributed by atoms with Crippen LogP contribution in [-0.4, -0.2) is 14.7 Å². The molecule has 5 nitrogen and oxygen atoms in total. The predicted molar refractivity (Wildman–Crippen MR) is 34.0 cm³/mol. The van der Waals surface area contributed by atoms with Gasteiger partial charge >= 0.3 is 7.82 Å². The summed E-state index contributed by atoms with van der Waals surface area (Å²) in [5, 5.41) is 0. The zero-order chi connectivity index (χ0) is 8.04. The molecule has 0 aliphatic carbocycles. The molecule has 0 aliphatic rings. The number of hydrogen-bond acceptors (Lipinski definition) is 1. The minimum Gasteiger partial charge on any atom is -0.670 e. The maximum Gasteiger partial charge on any atom is 0.466 e. The first kappa shape index (κ1) is 13.5. The molecule has 66 valence electrons. The van der Waals surface area contributed by atoms with Gasteiger partial charge < -0.3 is 19.7 Å². The van der Waals surface area contributed by atoms with Gasteiger partial charge in [0, 0.05) is 17.1 Å². The van der Waals surface area contributed by atoms with E-state index < -0.39 is 7.82 Å². The van der Waals surface area contributed by atoms with Crippen LogP contribution in [0, 0.1) is 0 Å². The molecule has 0 aliphatic heterocycles. The van der Waals surface area contributed by atoms with Gasteiger partial charge in [-0.05, 0) is 0 Å². The summed E-state index contributed by atoms with van der Waals surface area (Å²) in [6.45, 7) is 0. The predicted octanol–water partition coefficient (Wildman–Crippen LogP) is -0.287. The molecule has 0 unspecified atom stereocenters. The van der Waals surface area contributed by atoms with E-state index in [4.69, 9.17) is 19.2 Å². The van der Waals surface area contributed by atoms with Crippen molar-refractivity contribution in [1.29, 1.82) is 0 Å². The Balaban J connectivity index is 0. The third-order valence-electron chi connectivity index (χ3n) is 0.455. The van der Waals surface area contributed by atoms with E-state index in [1.54, 1.807) is 12.4 Å². The zero-order valence-corrected chi connectivity index (χ0v) is 7.31. The largest absolute Gasteiger partial charge is 0.670 e. The van der Waals surface area contributed by atoms with Crippen LogP contribution >= 0.6 is 7.82 Å². The molecule has 0 spiro atoms. The third kappa shape index (κ3) is 25.7. The summed E-state index contributed by atoms with van der Waals surface area (Å²) >= 11 is 0. The van der Waals surface area contributed by atoms with Crippen LogP contribution in [0.15, 0.2) is 24.5 Å². The second-order valence-electron chi connectivity index (χ2n) is 1.35. The van der Waals surface area contributed by atoms with Crippen LogP contribution in [0.1, 0.15) is 0 Å². The van der Waals surface area contributed by atoms with E-state index in [-0.39, 0.29) is 17.1 Å². The van der Waals surface area contributed by atoms with Gasteiger partial charge in [0.05, 0.1) is 0 Å². The molecule has 0 saturated carbocycles. The molecule has 1 aromatic rings. The summed E-state index contributed by atoms with van der Waals surface area (Å²) in [7, 11) is -4.64. The average molecular weight is 220 g/mol. The molecule has 1 rings (SSSR count). The van der Waals surface area contributed by atoms with E-state index in [0.29, 0.717) is 0 Å². The van der Waals surface area contributed by atoms with Gasteiger partial charge in [0.2, 0.25) is 0 Å². The quantitative estimate of drug-likeness (QED) is 0.412. The number of hydrogen-bond donors (Lipinski definition) is 3. The van der Waals surface area contributed by atoms with Crippen LogP contribution in [0.2, 0.25) is 0 Å². The Morgan fingerprint density at radius 2 is 1.36 bits per heavy atom. The normalized spacial score (nSPS) is 9.00. The summed E-state index contributed by atoms with van der Waals surface area (Å²) in [6, 6.07) is 3.78. The van der Waals surface area contributed by atoms with Crippen molar-refractivity contribution in [3.05, 3.63) is 24.5 Å². The summed E-state index contributed by atoms with van der Waals surface area (Å²) in [4.78, 5) is 25.3. The van der Waals surface area contributed by atoms with Gasteiger partial charge in [-0.15, -0.1) is 0 Å². The summed E-state index contributed by atoms with van der Waals surface area (Å²) in [5.74, 6) is 0. The molecule has 7 heteroatoms. The summed E-state index contributed by atoms with van der Waals surface area (Å²) in [6.07, 6.45) is 3.50. The summed E-state index contributed by atoms with van der Waals surface area (Å²) in [5.41, 5.74) is 0. The Labute approximate surface area is 74.2 Å². The van der Waals surface area contributed by atoms with E-state index in [2.05, 4.69) is 4.98 Å². The van der Waals surface area contributed by atoms with Crippen molar-refractivity contribution in [3.63, 3.8) is 0 Å². The van der Waals surface area contributed by atoms with Crippen molar-refractivity contribution in [2.45, 2.75) is 0 Å². The minimum absolute atomic E-state index is 0. The molecule has 0 saturated heterocycles. The standard InChI is InChI=1S/C4H4N.Fe.H3O4P/c1-2-4-5-3-1;;1-5(2,3)4/h1-4H;;(H3,1,2,3,4)/q-1;;. The van der Waals surface area contributed by atoms with E-state index in [0.717, 1.165) is 0 Å². The first-order chi connectivity index (χ1) is 4.50. The monoisotopic (exact) mass is 220 g/mol. The molecule has 0 aromatic carbocycles. The topological polar surface area (TPSA) is 91.9 Å². The van der Waals surface area contributed by atoms with E-state index in [9.17, 15) is 0 Å². The van der Waals surface area contributed by atoms with Crippen molar-refractivity contribution >= 4 is 7.82 Å². The Morgan fingerprint density at radius 3 is 1.45 bits per heavy atom. The second-order valence-corrected chi connectivity index (χ2v) is 2.37. The molecule has 0 radical (unpaired) electrons. The van der Waals surface area contributed by atoms with Crippen LogP contribution in [-0.2, 0) is 21.6 Å². The molecular weight excluding hydrogens is 213 g/mol. The Kier molecular flexibility index (Phi) is 8.11. The van der Waals surface area contributed by atoms with Crippen molar-refractivity contribution in [2.24, 2.45) is 0 Å². The van der Waals surface area contributed by atoms with Gasteiger partial charge in [0.15, 0.2) is 0 Å². The van der Waals surface area contributed by atoms with Gasteiger partial charge in [-0.1, -0.05) is 12.1 Å². The first-order valence-electron chi connectivity index (χ1n) is 2.30. The molecule has 0 bridgehead atoms. The van der Waals surface area contributed by atoms with E-state index in [1.165, 1.54) is 0 Å². The maximum atomic E-state index is 8.88. The van der Waals surface area contributed by atoms with Crippen LogP contribution in [0.4, 0.5) is 0 Å². The van der Waals surface area contributed by atoms with Crippen LogP contribution in [0.5, 0.6) is 0 Å². The number of rotatable bonds is 0. The van der Waals surface area contributed by atoms with Crippen molar-refractivity contribution in [1.82, 2.24) is 4.98 Å². The van der Waals surface area contributed by atoms with Crippen LogP contribution in [0.25, 0.3) is 0 Å². The van der Waals surface area contributed by atoms with Gasteiger partial charge in [0.25, 0.3) is 0 Å². The van der Waals surface area contributed by atoms with Crippen molar-refractivity contribution in [2.75, 3.05) is 0 Å². The minimum atomic E-state index is -4.64. The molecule has 0 atom stereocenters. The van der Waals surface area contributed by atoms with Gasteiger partial charge in [-0.3, -0.25) is 0 Å². The molecule has 0 fully saturated rings. The maximum absolute atomic E-state index is 8.88. The van der Waals surface area contributed by atoms with Gasteiger partial charge in [-0.2, -0.15) is 12.4 Å². The molecule has 0 amide bonds. The fourth-order valence-corrected chi connectivity index (χ4v) is 0.248. The fourth-order valence-electron chi connectivity index (χ4n) is 0.248. The van der Waals surface area contributed by atoms with Crippen molar-refractivity contribution < 1.29 is 36.3 Å². The van der Waals surface area contributed by atoms with Gasteiger partial charge in [-0.25, -0.2) is 4.57 Å². The summed E-state index contributed by atoms with van der Waals surface area (Å²) < 4.78 is 8.88. The zero-order valence-electron chi connectivity index (χ0n) is 5.31. The fraction of sp³-hybridized carbons (Fsp3) is 0. The van der Waals surface area contributed by atoms with Crippen molar-refractivity contribution in [3.8, 4) is 0 Å². The Bertz CT molecular complexity index is 170. The molecule has 11 heavy (non-hydrogen) atoms. The van der Waals surface area contributed by atoms with Crippen LogP contribution < -0.4 is 4.98 Å². The Hall–Kier alpha value is -0.0905. The molecular formula is C4H7FeNO4P-.